The average Bonchev–Trinajstić information content (AvgIpc) is 2.75. The summed E-state index contributed by atoms with van der Waals surface area (Å²) in [5.74, 6) is 0.0938. The van der Waals surface area contributed by atoms with Gasteiger partial charge in [-0.05, 0) is 72.7 Å². The molecule has 2 aromatic carbocycles. The molecule has 2 atom stereocenters. The normalized spacial score (nSPS) is 19.2. The summed E-state index contributed by atoms with van der Waals surface area (Å²) in [6.45, 7) is 2.58. The van der Waals surface area contributed by atoms with E-state index >= 15 is 0 Å². The Morgan fingerprint density at radius 2 is 1.75 bits per heavy atom. The fourth-order valence-electron chi connectivity index (χ4n) is 3.93. The van der Waals surface area contributed by atoms with Crippen LogP contribution in [0.3, 0.4) is 0 Å². The van der Waals surface area contributed by atoms with Gasteiger partial charge in [0.25, 0.3) is 5.91 Å². The van der Waals surface area contributed by atoms with Crippen molar-refractivity contribution in [1.82, 2.24) is 9.62 Å². The zero-order valence-electron chi connectivity index (χ0n) is 18.0. The average molecular weight is 485 g/mol. The third kappa shape index (κ3) is 7.71. The van der Waals surface area contributed by atoms with Gasteiger partial charge in [-0.3, -0.25) is 4.79 Å². The summed E-state index contributed by atoms with van der Waals surface area (Å²) in [4.78, 5) is 13.2. The number of nitrogens with zero attached hydrogens (tertiary/aromatic N) is 1. The lowest BCUT2D eigenvalue weighted by Gasteiger charge is -2.37. The molecule has 8 heteroatoms. The standard InChI is InChI=1S/C24H28ClF3N2OS/c1-17-4-2-3-5-22(17)30(32-21-12-10-20(25)11-13-21)16-18-6-8-19(9-7-18)23(31)29-15-14-24(26,27)28/h6-13,17,22H,2-5,14-16H2,1H3,(H,29,31). The van der Waals surface area contributed by atoms with E-state index in [-0.39, 0.29) is 0 Å². The van der Waals surface area contributed by atoms with Gasteiger partial charge in [0.1, 0.15) is 0 Å². The van der Waals surface area contributed by atoms with Crippen LogP contribution in [0.25, 0.3) is 0 Å². The van der Waals surface area contributed by atoms with Gasteiger partial charge in [0.15, 0.2) is 0 Å². The van der Waals surface area contributed by atoms with Crippen LogP contribution in [0.4, 0.5) is 13.2 Å². The highest BCUT2D eigenvalue weighted by molar-refractivity contribution is 7.97. The summed E-state index contributed by atoms with van der Waals surface area (Å²) in [7, 11) is 0. The monoisotopic (exact) mass is 484 g/mol. The number of halogens is 4. The predicted octanol–water partition coefficient (Wildman–Crippen LogP) is 7.11. The van der Waals surface area contributed by atoms with Crippen molar-refractivity contribution >= 4 is 29.5 Å². The molecule has 3 nitrogen and oxygen atoms in total. The molecule has 1 aliphatic rings. The maximum Gasteiger partial charge on any atom is 0.390 e. The molecular weight excluding hydrogens is 457 g/mol. The first-order valence-corrected chi connectivity index (χ1v) is 12.0. The van der Waals surface area contributed by atoms with Crippen molar-refractivity contribution in [3.05, 3.63) is 64.7 Å². The predicted molar refractivity (Wildman–Crippen MR) is 124 cm³/mol. The van der Waals surface area contributed by atoms with E-state index in [9.17, 15) is 18.0 Å². The van der Waals surface area contributed by atoms with Gasteiger partial charge in [-0.15, -0.1) is 0 Å². The highest BCUT2D eigenvalue weighted by Gasteiger charge is 2.28. The molecule has 2 unspecified atom stereocenters. The van der Waals surface area contributed by atoms with Gasteiger partial charge in [0.05, 0.1) is 6.42 Å². The second kappa shape index (κ2) is 11.4. The van der Waals surface area contributed by atoms with Gasteiger partial charge < -0.3 is 5.32 Å². The topological polar surface area (TPSA) is 32.3 Å². The maximum absolute atomic E-state index is 12.3. The lowest BCUT2D eigenvalue weighted by molar-refractivity contribution is -0.132. The molecule has 174 valence electrons. The summed E-state index contributed by atoms with van der Waals surface area (Å²) >= 11 is 7.75. The van der Waals surface area contributed by atoms with Gasteiger partial charge in [0, 0.05) is 34.6 Å². The molecule has 0 aliphatic heterocycles. The quantitative estimate of drug-likeness (QED) is 0.405. The number of carbonyl (C=O) groups is 1. The smallest absolute Gasteiger partial charge is 0.352 e. The minimum atomic E-state index is -4.28. The number of alkyl halides is 3. The van der Waals surface area contributed by atoms with Crippen LogP contribution in [0.5, 0.6) is 0 Å². The first kappa shape index (κ1) is 24.9. The highest BCUT2D eigenvalue weighted by atomic mass is 35.5. The van der Waals surface area contributed by atoms with Gasteiger partial charge in [-0.2, -0.15) is 13.2 Å². The molecule has 0 radical (unpaired) electrons. The second-order valence-corrected chi connectivity index (χ2v) is 9.83. The van der Waals surface area contributed by atoms with E-state index in [4.69, 9.17) is 11.6 Å². The zero-order valence-corrected chi connectivity index (χ0v) is 19.6. The first-order chi connectivity index (χ1) is 15.2. The molecule has 0 saturated heterocycles. The first-order valence-electron chi connectivity index (χ1n) is 10.9. The Kier molecular flexibility index (Phi) is 8.91. The van der Waals surface area contributed by atoms with Crippen LogP contribution in [-0.4, -0.2) is 29.0 Å². The lowest BCUT2D eigenvalue weighted by Crippen LogP contribution is -2.36. The molecule has 1 saturated carbocycles. The van der Waals surface area contributed by atoms with Crippen LogP contribution in [0.2, 0.25) is 5.02 Å². The SMILES string of the molecule is CC1CCCCC1N(Cc1ccc(C(=O)NCCC(F)(F)F)cc1)Sc1ccc(Cl)cc1. The Hall–Kier alpha value is -1.70. The van der Waals surface area contributed by atoms with Crippen LogP contribution >= 0.6 is 23.5 Å². The van der Waals surface area contributed by atoms with E-state index in [0.29, 0.717) is 29.1 Å². The molecule has 1 fully saturated rings. The van der Waals surface area contributed by atoms with Crippen LogP contribution < -0.4 is 5.32 Å². The van der Waals surface area contributed by atoms with Gasteiger partial charge in [-0.25, -0.2) is 4.31 Å². The highest BCUT2D eigenvalue weighted by Crippen LogP contribution is 2.36. The third-order valence-corrected chi connectivity index (χ3v) is 7.09. The van der Waals surface area contributed by atoms with Crippen molar-refractivity contribution in [3.63, 3.8) is 0 Å². The number of hydrogen-bond acceptors (Lipinski definition) is 3. The van der Waals surface area contributed by atoms with E-state index in [1.165, 1.54) is 19.3 Å². The number of carbonyl (C=O) groups excluding carboxylic acids is 1. The number of amides is 1. The van der Waals surface area contributed by atoms with E-state index in [0.717, 1.165) is 16.9 Å². The third-order valence-electron chi connectivity index (χ3n) is 5.72. The Morgan fingerprint density at radius 1 is 1.09 bits per heavy atom. The molecule has 3 rings (SSSR count). The zero-order chi connectivity index (χ0) is 23.1. The Morgan fingerprint density at radius 3 is 2.38 bits per heavy atom. The number of benzene rings is 2. The van der Waals surface area contributed by atoms with E-state index in [2.05, 4.69) is 16.5 Å². The summed E-state index contributed by atoms with van der Waals surface area (Å²) in [6.07, 6.45) is -0.494. The molecule has 2 aromatic rings. The van der Waals surface area contributed by atoms with E-state index < -0.39 is 25.0 Å². The summed E-state index contributed by atoms with van der Waals surface area (Å²) in [5, 5.41) is 3.03. The Balaban J connectivity index is 1.67. The van der Waals surface area contributed by atoms with Crippen LogP contribution in [-0.2, 0) is 6.54 Å². The Bertz CT molecular complexity index is 874. The lowest BCUT2D eigenvalue weighted by atomic mass is 9.86. The van der Waals surface area contributed by atoms with Gasteiger partial charge in [0.2, 0.25) is 0 Å². The van der Waals surface area contributed by atoms with E-state index in [1.54, 1.807) is 24.1 Å². The van der Waals surface area contributed by atoms with Gasteiger partial charge in [-0.1, -0.05) is 43.5 Å². The number of nitrogens with one attached hydrogen (secondary N) is 1. The van der Waals surface area contributed by atoms with Gasteiger partial charge >= 0.3 is 6.18 Å². The Labute approximate surface area is 196 Å². The fourth-order valence-corrected chi connectivity index (χ4v) is 5.25. The number of hydrogen-bond donors (Lipinski definition) is 1. The molecule has 0 heterocycles. The van der Waals surface area contributed by atoms with Crippen molar-refractivity contribution < 1.29 is 18.0 Å². The minimum Gasteiger partial charge on any atom is -0.352 e. The van der Waals surface area contributed by atoms with Crippen LogP contribution in [0, 0.1) is 5.92 Å². The largest absolute Gasteiger partial charge is 0.390 e. The van der Waals surface area contributed by atoms with Crippen molar-refractivity contribution in [2.45, 2.75) is 62.7 Å². The summed E-state index contributed by atoms with van der Waals surface area (Å²) in [6, 6.07) is 15.3. The molecule has 1 amide bonds. The van der Waals surface area contributed by atoms with Crippen LogP contribution in [0.15, 0.2) is 53.4 Å². The van der Waals surface area contributed by atoms with Crippen LogP contribution in [0.1, 0.15) is 54.9 Å². The molecule has 0 spiro atoms. The van der Waals surface area contributed by atoms with Crippen molar-refractivity contribution in [2.24, 2.45) is 5.92 Å². The van der Waals surface area contributed by atoms with Crippen molar-refractivity contribution in [1.29, 1.82) is 0 Å². The molecule has 0 aromatic heterocycles. The molecule has 0 bridgehead atoms. The molecule has 1 aliphatic carbocycles. The second-order valence-electron chi connectivity index (χ2n) is 8.27. The van der Waals surface area contributed by atoms with E-state index in [1.807, 2.05) is 36.4 Å². The molecular formula is C24H28ClF3N2OS. The maximum atomic E-state index is 12.3. The fraction of sp³-hybridized carbons (Fsp3) is 0.458. The van der Waals surface area contributed by atoms with Crippen molar-refractivity contribution in [3.8, 4) is 0 Å². The summed E-state index contributed by atoms with van der Waals surface area (Å²) < 4.78 is 39.2. The number of rotatable bonds is 8. The minimum absolute atomic E-state index is 0.360. The molecule has 32 heavy (non-hydrogen) atoms. The molecule has 1 N–H and O–H groups in total. The van der Waals surface area contributed by atoms with Crippen molar-refractivity contribution in [2.75, 3.05) is 6.54 Å². The summed E-state index contributed by atoms with van der Waals surface area (Å²) in [5.41, 5.74) is 1.41.